The van der Waals surface area contributed by atoms with Crippen LogP contribution < -0.4 is 0 Å². The summed E-state index contributed by atoms with van der Waals surface area (Å²) in [5, 5.41) is 51.2. The molecule has 4 atom stereocenters. The van der Waals surface area contributed by atoms with Crippen LogP contribution in [0.2, 0.25) is 0 Å². The van der Waals surface area contributed by atoms with E-state index in [1.807, 2.05) is 6.08 Å². The number of fused-ring (bicyclic) bond motifs is 3. The standard InChI is InChI=1S/C21H14O7/c22-12-3-1-7-14(21-6-10(20(26)27)9-5-11(21)15(9)21)8-2-4-13(23)17(25)19(8)28-18(7)16(12)24/h1-5,9-10,15H,6H2,(H4-,22,23,24,25,26,27)/p+1. The van der Waals surface area contributed by atoms with Gasteiger partial charge in [-0.15, -0.1) is 0 Å². The first kappa shape index (κ1) is 15.6. The highest BCUT2D eigenvalue weighted by atomic mass is 16.4. The van der Waals surface area contributed by atoms with Gasteiger partial charge in [0.1, 0.15) is 0 Å². The van der Waals surface area contributed by atoms with Crippen molar-refractivity contribution in [2.75, 3.05) is 0 Å². The maximum atomic E-state index is 11.7. The van der Waals surface area contributed by atoms with Crippen molar-refractivity contribution < 1.29 is 34.7 Å². The number of hydrogen-bond donors (Lipinski definition) is 5. The number of hydrogen-bond acceptors (Lipinski definition) is 5. The van der Waals surface area contributed by atoms with Crippen LogP contribution in [0.15, 0.2) is 40.3 Å². The van der Waals surface area contributed by atoms with Crippen LogP contribution in [0.3, 0.4) is 0 Å². The molecule has 1 aromatic heterocycles. The normalized spacial score (nSPS) is 29.4. The molecule has 3 aliphatic rings. The summed E-state index contributed by atoms with van der Waals surface area (Å²) in [6, 6.07) is 5.98. The van der Waals surface area contributed by atoms with Gasteiger partial charge in [-0.25, -0.2) is 0 Å². The zero-order chi connectivity index (χ0) is 19.5. The molecule has 3 aromatic rings. The molecule has 2 saturated carbocycles. The predicted octanol–water partition coefficient (Wildman–Crippen LogP) is 3.22. The molecule has 6 rings (SSSR count). The van der Waals surface area contributed by atoms with Crippen LogP contribution >= 0.6 is 0 Å². The Kier molecular flexibility index (Phi) is 2.50. The summed E-state index contributed by atoms with van der Waals surface area (Å²) < 4.78 is 5.70. The Morgan fingerprint density at radius 1 is 0.964 bits per heavy atom. The highest BCUT2D eigenvalue weighted by molar-refractivity contribution is 6.04. The van der Waals surface area contributed by atoms with Crippen molar-refractivity contribution in [3.8, 4) is 23.0 Å². The van der Waals surface area contributed by atoms with E-state index in [1.165, 1.54) is 17.7 Å². The molecule has 3 aliphatic carbocycles. The van der Waals surface area contributed by atoms with Gasteiger partial charge in [-0.1, -0.05) is 11.6 Å². The number of aromatic hydroxyl groups is 4. The molecule has 140 valence electrons. The van der Waals surface area contributed by atoms with E-state index in [9.17, 15) is 30.3 Å². The Morgan fingerprint density at radius 3 is 2.04 bits per heavy atom. The molecule has 28 heavy (non-hydrogen) atoms. The number of carboxylic acid groups (broad SMARTS) is 1. The van der Waals surface area contributed by atoms with Crippen LogP contribution in [0, 0.1) is 17.8 Å². The predicted molar refractivity (Wildman–Crippen MR) is 97.3 cm³/mol. The largest absolute Gasteiger partial charge is 0.504 e. The average molecular weight is 379 g/mol. The second-order valence-electron chi connectivity index (χ2n) is 7.89. The molecular weight excluding hydrogens is 364 g/mol. The summed E-state index contributed by atoms with van der Waals surface area (Å²) in [5.74, 6) is -2.89. The fourth-order valence-corrected chi connectivity index (χ4v) is 5.58. The molecule has 0 radical (unpaired) electrons. The number of rotatable bonds is 2. The van der Waals surface area contributed by atoms with Gasteiger partial charge in [0.25, 0.3) is 11.5 Å². The monoisotopic (exact) mass is 379 g/mol. The summed E-state index contributed by atoms with van der Waals surface area (Å²) in [4.78, 5) is 11.7. The number of carbonyl (C=O) groups is 1. The van der Waals surface area contributed by atoms with Gasteiger partial charge in [-0.05, 0) is 42.2 Å². The van der Waals surface area contributed by atoms with E-state index in [1.54, 1.807) is 12.1 Å². The van der Waals surface area contributed by atoms with E-state index >= 15 is 0 Å². The molecule has 0 saturated heterocycles. The average Bonchev–Trinajstić information content (AvgIpc) is 3.05. The van der Waals surface area contributed by atoms with Crippen molar-refractivity contribution in [3.05, 3.63) is 41.5 Å². The molecule has 4 unspecified atom stereocenters. The molecule has 2 fully saturated rings. The number of phenols is 4. The molecule has 0 bridgehead atoms. The Morgan fingerprint density at radius 2 is 1.54 bits per heavy atom. The summed E-state index contributed by atoms with van der Waals surface area (Å²) in [6.45, 7) is 0. The lowest BCUT2D eigenvalue weighted by molar-refractivity contribution is -0.143. The molecule has 5 N–H and O–H groups in total. The van der Waals surface area contributed by atoms with Crippen molar-refractivity contribution in [1.82, 2.24) is 0 Å². The summed E-state index contributed by atoms with van der Waals surface area (Å²) in [5.41, 5.74) is 1.41. The molecule has 0 amide bonds. The molecule has 2 aromatic carbocycles. The highest BCUT2D eigenvalue weighted by Crippen LogP contribution is 2.80. The van der Waals surface area contributed by atoms with E-state index in [0.717, 1.165) is 5.56 Å². The first-order valence-corrected chi connectivity index (χ1v) is 8.97. The van der Waals surface area contributed by atoms with Gasteiger partial charge in [0.05, 0.1) is 16.7 Å². The zero-order valence-electron chi connectivity index (χ0n) is 14.4. The van der Waals surface area contributed by atoms with Crippen molar-refractivity contribution in [3.63, 3.8) is 0 Å². The topological polar surface area (TPSA) is 130 Å². The van der Waals surface area contributed by atoms with Gasteiger partial charge in [0, 0.05) is 11.3 Å². The van der Waals surface area contributed by atoms with Crippen LogP contribution in [-0.4, -0.2) is 31.5 Å². The quantitative estimate of drug-likeness (QED) is 0.200. The van der Waals surface area contributed by atoms with Crippen LogP contribution in [-0.2, 0) is 10.2 Å². The minimum absolute atomic E-state index is 0.0139. The van der Waals surface area contributed by atoms with Gasteiger partial charge in [-0.2, -0.15) is 4.42 Å². The Balaban J connectivity index is 1.75. The number of carboxylic acids is 1. The Labute approximate surface area is 157 Å². The minimum atomic E-state index is -0.831. The SMILES string of the molecule is O=C(O)C1CC2(c3c4ccc(O)c(O)c4[o+]c4c(O)c(O)ccc34)C3=CC1C32. The van der Waals surface area contributed by atoms with Crippen molar-refractivity contribution >= 4 is 27.9 Å². The molecular formula is C21H15O7+. The third-order valence-electron chi connectivity index (χ3n) is 6.79. The second kappa shape index (κ2) is 4.49. The fourth-order valence-electron chi connectivity index (χ4n) is 5.58. The smallest absolute Gasteiger partial charge is 0.406 e. The zero-order valence-corrected chi connectivity index (χ0v) is 14.4. The van der Waals surface area contributed by atoms with Crippen LogP contribution in [0.25, 0.3) is 21.9 Å². The lowest BCUT2D eigenvalue weighted by Gasteiger charge is -2.24. The van der Waals surface area contributed by atoms with Gasteiger partial charge >= 0.3 is 17.1 Å². The van der Waals surface area contributed by atoms with E-state index < -0.39 is 28.8 Å². The van der Waals surface area contributed by atoms with Crippen LogP contribution in [0.4, 0.5) is 0 Å². The maximum Gasteiger partial charge on any atom is 0.406 e. The summed E-state index contributed by atoms with van der Waals surface area (Å²) in [6.07, 6.45) is 2.44. The van der Waals surface area contributed by atoms with Gasteiger partial charge in [0.2, 0.25) is 0 Å². The van der Waals surface area contributed by atoms with Crippen molar-refractivity contribution in [2.24, 2.45) is 17.8 Å². The first-order valence-electron chi connectivity index (χ1n) is 8.97. The molecule has 0 aliphatic heterocycles. The third kappa shape index (κ3) is 1.50. The van der Waals surface area contributed by atoms with Gasteiger partial charge in [-0.3, -0.25) is 4.79 Å². The Hall–Kier alpha value is -3.48. The lowest BCUT2D eigenvalue weighted by atomic mass is 9.79. The van der Waals surface area contributed by atoms with Crippen molar-refractivity contribution in [1.29, 1.82) is 0 Å². The van der Waals surface area contributed by atoms with E-state index in [2.05, 4.69) is 0 Å². The molecule has 7 heteroatoms. The van der Waals surface area contributed by atoms with Gasteiger partial charge in [0.15, 0.2) is 11.5 Å². The number of benzene rings is 2. The number of allylic oxidation sites excluding steroid dienone is 2. The third-order valence-corrected chi connectivity index (χ3v) is 6.79. The lowest BCUT2D eigenvalue weighted by Crippen LogP contribution is -2.25. The van der Waals surface area contributed by atoms with Crippen LogP contribution in [0.1, 0.15) is 12.0 Å². The second-order valence-corrected chi connectivity index (χ2v) is 7.89. The molecule has 1 heterocycles. The van der Waals surface area contributed by atoms with Crippen molar-refractivity contribution in [2.45, 2.75) is 11.8 Å². The van der Waals surface area contributed by atoms with Gasteiger partial charge < -0.3 is 25.5 Å². The highest BCUT2D eigenvalue weighted by Gasteiger charge is 2.77. The minimum Gasteiger partial charge on any atom is -0.504 e. The first-order chi connectivity index (χ1) is 13.4. The van der Waals surface area contributed by atoms with E-state index in [0.29, 0.717) is 17.2 Å². The Bertz CT molecular complexity index is 1230. The number of aliphatic carboxylic acids is 1. The van der Waals surface area contributed by atoms with E-state index in [-0.39, 0.29) is 34.5 Å². The maximum absolute atomic E-state index is 11.7. The van der Waals surface area contributed by atoms with E-state index in [4.69, 9.17) is 4.42 Å². The fraction of sp³-hybridized carbons (Fsp3) is 0.238. The number of phenolic OH excluding ortho intramolecular Hbond substituents is 4. The molecule has 0 spiro atoms. The van der Waals surface area contributed by atoms with Crippen LogP contribution in [0.5, 0.6) is 23.0 Å². The summed E-state index contributed by atoms with van der Waals surface area (Å²) in [7, 11) is 0. The molecule has 7 nitrogen and oxygen atoms in total. The summed E-state index contributed by atoms with van der Waals surface area (Å²) >= 11 is 0.